The number of hydrogen-bond acceptors (Lipinski definition) is 6. The molecule has 2 rings (SSSR count). The number of carbonyl (C=O) groups is 1. The van der Waals surface area contributed by atoms with Crippen LogP contribution < -0.4 is 19.5 Å². The van der Waals surface area contributed by atoms with Crippen molar-refractivity contribution in [1.29, 1.82) is 0 Å². The van der Waals surface area contributed by atoms with Crippen LogP contribution in [0.25, 0.3) is 0 Å². The van der Waals surface area contributed by atoms with Crippen molar-refractivity contribution in [2.45, 2.75) is 33.2 Å². The van der Waals surface area contributed by atoms with Gasteiger partial charge >= 0.3 is 5.97 Å². The van der Waals surface area contributed by atoms with Crippen molar-refractivity contribution < 1.29 is 23.7 Å². The number of halogens is 1. The molecular formula is C21H34IN3O5. The highest BCUT2D eigenvalue weighted by atomic mass is 127. The van der Waals surface area contributed by atoms with Crippen LogP contribution >= 0.6 is 24.0 Å². The standard InChI is InChI=1S/C21H33N3O5.HI/c1-6-22-21(24-10-8-9-15(14-24)20(25)29-7-2)23-13-16-11-18(27-4)19(28-5)12-17(16)26-3;/h11-12,15H,6-10,13-14H2,1-5H3,(H,22,23);1H. The summed E-state index contributed by atoms with van der Waals surface area (Å²) in [7, 11) is 4.81. The molecule has 1 atom stereocenters. The van der Waals surface area contributed by atoms with Crippen LogP contribution in [0.3, 0.4) is 0 Å². The SMILES string of the molecule is CCNC(=NCc1cc(OC)c(OC)cc1OC)N1CCCC(C(=O)OCC)C1.I. The first-order valence-electron chi connectivity index (χ1n) is 10.1. The summed E-state index contributed by atoms with van der Waals surface area (Å²) >= 11 is 0. The number of nitrogens with zero attached hydrogens (tertiary/aromatic N) is 2. The van der Waals surface area contributed by atoms with Gasteiger partial charge < -0.3 is 29.2 Å². The minimum Gasteiger partial charge on any atom is -0.496 e. The van der Waals surface area contributed by atoms with Gasteiger partial charge in [0.25, 0.3) is 0 Å². The monoisotopic (exact) mass is 535 g/mol. The van der Waals surface area contributed by atoms with Gasteiger partial charge in [0.15, 0.2) is 17.5 Å². The molecule has 1 saturated heterocycles. The highest BCUT2D eigenvalue weighted by Crippen LogP contribution is 2.35. The highest BCUT2D eigenvalue weighted by molar-refractivity contribution is 14.0. The van der Waals surface area contributed by atoms with E-state index in [9.17, 15) is 4.79 Å². The van der Waals surface area contributed by atoms with Crippen molar-refractivity contribution in [3.8, 4) is 17.2 Å². The summed E-state index contributed by atoms with van der Waals surface area (Å²) in [5.74, 6) is 2.45. The van der Waals surface area contributed by atoms with Gasteiger partial charge in [-0.3, -0.25) is 4.79 Å². The fourth-order valence-electron chi connectivity index (χ4n) is 3.42. The van der Waals surface area contributed by atoms with Crippen LogP contribution in [0.1, 0.15) is 32.3 Å². The summed E-state index contributed by atoms with van der Waals surface area (Å²) in [6.45, 7) is 6.87. The molecule has 1 fully saturated rings. The molecule has 0 spiro atoms. The number of benzene rings is 1. The van der Waals surface area contributed by atoms with Crippen molar-refractivity contribution in [3.05, 3.63) is 17.7 Å². The molecular weight excluding hydrogens is 501 g/mol. The van der Waals surface area contributed by atoms with E-state index in [1.54, 1.807) is 27.4 Å². The van der Waals surface area contributed by atoms with Crippen molar-refractivity contribution in [3.63, 3.8) is 0 Å². The molecule has 0 radical (unpaired) electrons. The molecule has 8 nitrogen and oxygen atoms in total. The molecule has 1 aliphatic rings. The number of piperidine rings is 1. The van der Waals surface area contributed by atoms with E-state index in [2.05, 4.69) is 10.2 Å². The van der Waals surface area contributed by atoms with Crippen molar-refractivity contribution in [2.24, 2.45) is 10.9 Å². The second kappa shape index (κ2) is 13.4. The number of ether oxygens (including phenoxy) is 4. The molecule has 1 heterocycles. The van der Waals surface area contributed by atoms with E-state index in [0.717, 1.165) is 37.5 Å². The Labute approximate surface area is 196 Å². The van der Waals surface area contributed by atoms with E-state index in [1.807, 2.05) is 19.9 Å². The zero-order chi connectivity index (χ0) is 21.2. The molecule has 1 aliphatic heterocycles. The smallest absolute Gasteiger partial charge is 0.310 e. The predicted molar refractivity (Wildman–Crippen MR) is 127 cm³/mol. The molecule has 1 aromatic rings. The van der Waals surface area contributed by atoms with Crippen LogP contribution in [0.5, 0.6) is 17.2 Å². The predicted octanol–water partition coefficient (Wildman–Crippen LogP) is 3.07. The van der Waals surface area contributed by atoms with Gasteiger partial charge in [0, 0.05) is 31.3 Å². The van der Waals surface area contributed by atoms with Gasteiger partial charge in [-0.1, -0.05) is 0 Å². The van der Waals surface area contributed by atoms with Crippen molar-refractivity contribution >= 4 is 35.9 Å². The second-order valence-electron chi connectivity index (χ2n) is 6.73. The summed E-state index contributed by atoms with van der Waals surface area (Å²) in [5.41, 5.74) is 0.888. The Balaban J connectivity index is 0.00000450. The maximum Gasteiger partial charge on any atom is 0.310 e. The van der Waals surface area contributed by atoms with Crippen LogP contribution in [0.2, 0.25) is 0 Å². The Bertz CT molecular complexity index is 714. The van der Waals surface area contributed by atoms with E-state index < -0.39 is 0 Å². The number of rotatable bonds is 8. The van der Waals surface area contributed by atoms with Gasteiger partial charge in [-0.05, 0) is 32.8 Å². The lowest BCUT2D eigenvalue weighted by atomic mass is 9.98. The van der Waals surface area contributed by atoms with Gasteiger partial charge in [-0.25, -0.2) is 4.99 Å². The first kappa shape index (κ1) is 26.1. The summed E-state index contributed by atoms with van der Waals surface area (Å²) in [5, 5.41) is 3.33. The summed E-state index contributed by atoms with van der Waals surface area (Å²) in [4.78, 5) is 19.1. The van der Waals surface area contributed by atoms with E-state index in [0.29, 0.717) is 36.9 Å². The van der Waals surface area contributed by atoms with Gasteiger partial charge in [-0.2, -0.15) is 0 Å². The van der Waals surface area contributed by atoms with Crippen LogP contribution in [0.4, 0.5) is 0 Å². The summed E-state index contributed by atoms with van der Waals surface area (Å²) in [6.07, 6.45) is 1.77. The molecule has 1 N–H and O–H groups in total. The van der Waals surface area contributed by atoms with E-state index >= 15 is 0 Å². The third-order valence-electron chi connectivity index (χ3n) is 4.86. The quantitative estimate of drug-likeness (QED) is 0.237. The van der Waals surface area contributed by atoms with Gasteiger partial charge in [0.05, 0.1) is 40.4 Å². The Morgan fingerprint density at radius 2 is 1.80 bits per heavy atom. The summed E-state index contributed by atoms with van der Waals surface area (Å²) < 4.78 is 21.5. The number of carbonyl (C=O) groups excluding carboxylic acids is 1. The molecule has 0 aliphatic carbocycles. The maximum absolute atomic E-state index is 12.2. The van der Waals surface area contributed by atoms with Crippen LogP contribution in [0.15, 0.2) is 17.1 Å². The fraction of sp³-hybridized carbons (Fsp3) is 0.619. The fourth-order valence-corrected chi connectivity index (χ4v) is 3.42. The van der Waals surface area contributed by atoms with Gasteiger partial charge in [-0.15, -0.1) is 24.0 Å². The normalized spacial score (nSPS) is 16.4. The Morgan fingerprint density at radius 3 is 2.40 bits per heavy atom. The number of nitrogens with one attached hydrogen (secondary N) is 1. The first-order chi connectivity index (χ1) is 14.1. The number of esters is 1. The van der Waals surface area contributed by atoms with Crippen molar-refractivity contribution in [2.75, 3.05) is 47.6 Å². The lowest BCUT2D eigenvalue weighted by Gasteiger charge is -2.34. The van der Waals surface area contributed by atoms with Crippen molar-refractivity contribution in [1.82, 2.24) is 10.2 Å². The number of hydrogen-bond donors (Lipinski definition) is 1. The molecule has 1 aromatic carbocycles. The maximum atomic E-state index is 12.2. The topological polar surface area (TPSA) is 81.6 Å². The Morgan fingerprint density at radius 1 is 1.13 bits per heavy atom. The lowest BCUT2D eigenvalue weighted by Crippen LogP contribution is -2.48. The third kappa shape index (κ3) is 6.82. The van der Waals surface area contributed by atoms with Gasteiger partial charge in [0.1, 0.15) is 5.75 Å². The minimum atomic E-state index is -0.130. The molecule has 170 valence electrons. The largest absolute Gasteiger partial charge is 0.496 e. The Hall–Kier alpha value is -1.91. The summed E-state index contributed by atoms with van der Waals surface area (Å²) in [6, 6.07) is 3.68. The highest BCUT2D eigenvalue weighted by Gasteiger charge is 2.28. The average Bonchev–Trinajstić information content (AvgIpc) is 2.76. The Kier molecular flexibility index (Phi) is 11.7. The number of likely N-dealkylation sites (tertiary alicyclic amines) is 1. The molecule has 0 aromatic heterocycles. The van der Waals surface area contributed by atoms with Crippen LogP contribution in [-0.4, -0.2) is 64.4 Å². The lowest BCUT2D eigenvalue weighted by molar-refractivity contribution is -0.149. The van der Waals surface area contributed by atoms with E-state index in [1.165, 1.54) is 0 Å². The second-order valence-corrected chi connectivity index (χ2v) is 6.73. The third-order valence-corrected chi connectivity index (χ3v) is 4.86. The zero-order valence-corrected chi connectivity index (χ0v) is 20.9. The number of aliphatic imine (C=N–C) groups is 1. The molecule has 1 unspecified atom stereocenters. The molecule has 30 heavy (non-hydrogen) atoms. The molecule has 0 amide bonds. The minimum absolute atomic E-state index is 0. The molecule has 9 heteroatoms. The van der Waals surface area contributed by atoms with E-state index in [4.69, 9.17) is 23.9 Å². The van der Waals surface area contributed by atoms with Crippen LogP contribution in [0, 0.1) is 5.92 Å². The van der Waals surface area contributed by atoms with E-state index in [-0.39, 0.29) is 35.9 Å². The number of methoxy groups -OCH3 is 3. The average molecular weight is 535 g/mol. The zero-order valence-electron chi connectivity index (χ0n) is 18.5. The molecule has 0 saturated carbocycles. The van der Waals surface area contributed by atoms with Gasteiger partial charge in [0.2, 0.25) is 0 Å². The number of guanidine groups is 1. The van der Waals surface area contributed by atoms with Crippen LogP contribution in [-0.2, 0) is 16.1 Å². The first-order valence-corrected chi connectivity index (χ1v) is 10.1. The molecule has 0 bridgehead atoms.